The molecule has 84 valence electrons. The van der Waals surface area contributed by atoms with Crippen LogP contribution in [0.5, 0.6) is 11.5 Å². The van der Waals surface area contributed by atoms with Gasteiger partial charge in [0.25, 0.3) is 0 Å². The van der Waals surface area contributed by atoms with Crippen LogP contribution < -0.4 is 14.8 Å². The van der Waals surface area contributed by atoms with Gasteiger partial charge in [0.05, 0.1) is 0 Å². The van der Waals surface area contributed by atoms with Gasteiger partial charge in [-0.1, -0.05) is 13.0 Å². The van der Waals surface area contributed by atoms with Crippen molar-refractivity contribution in [1.29, 1.82) is 0 Å². The van der Waals surface area contributed by atoms with Crippen LogP contribution in [-0.2, 0) is 6.54 Å². The van der Waals surface area contributed by atoms with Crippen LogP contribution in [0, 0.1) is 0 Å². The first-order valence-corrected chi connectivity index (χ1v) is 4.99. The summed E-state index contributed by atoms with van der Waals surface area (Å²) in [5.74, 6) is 1.71. The van der Waals surface area contributed by atoms with Crippen LogP contribution in [0.15, 0.2) is 18.2 Å². The Hall–Kier alpha value is -0.930. The predicted octanol–water partition coefficient (Wildman–Crippen LogP) is 2.34. The molecule has 15 heavy (non-hydrogen) atoms. The van der Waals surface area contributed by atoms with Crippen molar-refractivity contribution in [3.8, 4) is 11.5 Å². The van der Waals surface area contributed by atoms with Crippen molar-refractivity contribution in [2.24, 2.45) is 0 Å². The van der Waals surface area contributed by atoms with E-state index in [2.05, 4.69) is 18.3 Å². The van der Waals surface area contributed by atoms with Crippen molar-refractivity contribution in [3.05, 3.63) is 23.8 Å². The van der Waals surface area contributed by atoms with Crippen molar-refractivity contribution < 1.29 is 9.47 Å². The van der Waals surface area contributed by atoms with Gasteiger partial charge in [-0.25, -0.2) is 0 Å². The van der Waals surface area contributed by atoms with Crippen LogP contribution in [-0.4, -0.2) is 13.3 Å². The first kappa shape index (κ1) is 12.1. The summed E-state index contributed by atoms with van der Waals surface area (Å²) in [5.41, 5.74) is 1.24. The van der Waals surface area contributed by atoms with Crippen molar-refractivity contribution in [2.75, 3.05) is 13.3 Å². The molecule has 0 spiro atoms. The van der Waals surface area contributed by atoms with Crippen LogP contribution >= 0.6 is 12.4 Å². The molecule has 0 radical (unpaired) electrons. The molecule has 0 bridgehead atoms. The molecule has 0 atom stereocenters. The van der Waals surface area contributed by atoms with Crippen LogP contribution in [0.1, 0.15) is 18.9 Å². The zero-order chi connectivity index (χ0) is 9.80. The largest absolute Gasteiger partial charge is 0.454 e. The third kappa shape index (κ3) is 3.01. The summed E-state index contributed by atoms with van der Waals surface area (Å²) in [6.45, 7) is 4.45. The van der Waals surface area contributed by atoms with E-state index < -0.39 is 0 Å². The second kappa shape index (κ2) is 5.83. The van der Waals surface area contributed by atoms with E-state index >= 15 is 0 Å². The summed E-state index contributed by atoms with van der Waals surface area (Å²) in [7, 11) is 0. The number of halogens is 1. The predicted molar refractivity (Wildman–Crippen MR) is 61.8 cm³/mol. The monoisotopic (exact) mass is 229 g/mol. The molecule has 0 unspecified atom stereocenters. The van der Waals surface area contributed by atoms with Crippen molar-refractivity contribution in [2.45, 2.75) is 19.9 Å². The fourth-order valence-electron chi connectivity index (χ4n) is 1.46. The number of hydrogen-bond donors (Lipinski definition) is 1. The second-order valence-electron chi connectivity index (χ2n) is 3.36. The maximum absolute atomic E-state index is 5.30. The molecule has 0 saturated carbocycles. The standard InChI is InChI=1S/C11H15NO2.ClH/c1-2-5-12-7-9-3-4-10-11(6-9)14-8-13-10;/h3-4,6,12H,2,5,7-8H2,1H3;1H. The van der Waals surface area contributed by atoms with Crippen LogP contribution in [0.4, 0.5) is 0 Å². The van der Waals surface area contributed by atoms with Crippen LogP contribution in [0.3, 0.4) is 0 Å². The van der Waals surface area contributed by atoms with Crippen LogP contribution in [0.25, 0.3) is 0 Å². The van der Waals surface area contributed by atoms with Gasteiger partial charge in [-0.2, -0.15) is 0 Å². The average molecular weight is 230 g/mol. The number of rotatable bonds is 4. The summed E-state index contributed by atoms with van der Waals surface area (Å²) in [5, 5.41) is 3.35. The van der Waals surface area contributed by atoms with Gasteiger partial charge < -0.3 is 14.8 Å². The van der Waals surface area contributed by atoms with E-state index in [1.54, 1.807) is 0 Å². The molecular weight excluding hydrogens is 214 g/mol. The lowest BCUT2D eigenvalue weighted by Crippen LogP contribution is -2.13. The van der Waals surface area contributed by atoms with Gasteiger partial charge in [-0.05, 0) is 30.7 Å². The molecule has 4 heteroatoms. The highest BCUT2D eigenvalue weighted by Gasteiger charge is 2.12. The van der Waals surface area contributed by atoms with Crippen LogP contribution in [0.2, 0.25) is 0 Å². The van der Waals surface area contributed by atoms with Gasteiger partial charge in [0.2, 0.25) is 6.79 Å². The summed E-state index contributed by atoms with van der Waals surface area (Å²) in [4.78, 5) is 0. The molecule has 0 amide bonds. The third-order valence-corrected chi connectivity index (χ3v) is 2.19. The Kier molecular flexibility index (Phi) is 4.72. The maximum atomic E-state index is 5.30. The molecule has 1 aromatic carbocycles. The summed E-state index contributed by atoms with van der Waals surface area (Å²) in [6, 6.07) is 6.06. The lowest BCUT2D eigenvalue weighted by Gasteiger charge is -2.04. The minimum Gasteiger partial charge on any atom is -0.454 e. The second-order valence-corrected chi connectivity index (χ2v) is 3.36. The van der Waals surface area contributed by atoms with Gasteiger partial charge in [0.15, 0.2) is 11.5 Å². The molecule has 0 fully saturated rings. The molecular formula is C11H16ClNO2. The molecule has 1 N–H and O–H groups in total. The highest BCUT2D eigenvalue weighted by atomic mass is 35.5. The van der Waals surface area contributed by atoms with E-state index in [0.29, 0.717) is 6.79 Å². The highest BCUT2D eigenvalue weighted by molar-refractivity contribution is 5.85. The first-order valence-electron chi connectivity index (χ1n) is 4.99. The Morgan fingerprint density at radius 2 is 2.07 bits per heavy atom. The number of benzene rings is 1. The fourth-order valence-corrected chi connectivity index (χ4v) is 1.46. The van der Waals surface area contributed by atoms with Crippen molar-refractivity contribution in [3.63, 3.8) is 0 Å². The van der Waals surface area contributed by atoms with Crippen molar-refractivity contribution in [1.82, 2.24) is 5.32 Å². The SMILES string of the molecule is CCCNCc1ccc2c(c1)OCO2.Cl. The van der Waals surface area contributed by atoms with Gasteiger partial charge in [0.1, 0.15) is 0 Å². The van der Waals surface area contributed by atoms with E-state index in [1.165, 1.54) is 5.56 Å². The molecule has 0 aromatic heterocycles. The Labute approximate surface area is 96.2 Å². The van der Waals surface area contributed by atoms with E-state index in [4.69, 9.17) is 9.47 Å². The molecule has 1 aliphatic rings. The molecule has 3 nitrogen and oxygen atoms in total. The van der Waals surface area contributed by atoms with E-state index in [-0.39, 0.29) is 12.4 Å². The molecule has 2 rings (SSSR count). The minimum absolute atomic E-state index is 0. The zero-order valence-corrected chi connectivity index (χ0v) is 9.60. The average Bonchev–Trinajstić information content (AvgIpc) is 2.65. The maximum Gasteiger partial charge on any atom is 0.231 e. The van der Waals surface area contributed by atoms with Crippen molar-refractivity contribution >= 4 is 12.4 Å². The number of nitrogens with one attached hydrogen (secondary N) is 1. The highest BCUT2D eigenvalue weighted by Crippen LogP contribution is 2.32. The van der Waals surface area contributed by atoms with Gasteiger partial charge >= 0.3 is 0 Å². The van der Waals surface area contributed by atoms with Gasteiger partial charge in [-0.3, -0.25) is 0 Å². The van der Waals surface area contributed by atoms with E-state index in [1.807, 2.05) is 12.1 Å². The van der Waals surface area contributed by atoms with Gasteiger partial charge in [0, 0.05) is 6.54 Å². The van der Waals surface area contributed by atoms with E-state index in [9.17, 15) is 0 Å². The lowest BCUT2D eigenvalue weighted by molar-refractivity contribution is 0.174. The third-order valence-electron chi connectivity index (χ3n) is 2.19. The Morgan fingerprint density at radius 1 is 1.27 bits per heavy atom. The number of ether oxygens (including phenoxy) is 2. The topological polar surface area (TPSA) is 30.5 Å². The van der Waals surface area contributed by atoms with E-state index in [0.717, 1.165) is 31.0 Å². The van der Waals surface area contributed by atoms with Gasteiger partial charge in [-0.15, -0.1) is 12.4 Å². The summed E-state index contributed by atoms with van der Waals surface area (Å²) >= 11 is 0. The normalized spacial score (nSPS) is 12.3. The molecule has 0 aliphatic carbocycles. The Balaban J connectivity index is 0.00000112. The fraction of sp³-hybridized carbons (Fsp3) is 0.455. The molecule has 1 aliphatic heterocycles. The minimum atomic E-state index is 0. The molecule has 1 heterocycles. The smallest absolute Gasteiger partial charge is 0.231 e. The molecule has 1 aromatic rings. The number of hydrogen-bond acceptors (Lipinski definition) is 3. The summed E-state index contributed by atoms with van der Waals surface area (Å²) in [6.07, 6.45) is 1.16. The summed E-state index contributed by atoms with van der Waals surface area (Å²) < 4.78 is 10.5. The zero-order valence-electron chi connectivity index (χ0n) is 8.79. The Bertz CT molecular complexity index is 317. The number of fused-ring (bicyclic) bond motifs is 1. The Morgan fingerprint density at radius 3 is 2.87 bits per heavy atom. The molecule has 0 saturated heterocycles. The first-order chi connectivity index (χ1) is 6.90. The lowest BCUT2D eigenvalue weighted by atomic mass is 10.2. The quantitative estimate of drug-likeness (QED) is 0.804.